The molecule has 0 atom stereocenters. The van der Waals surface area contributed by atoms with Crippen molar-refractivity contribution in [1.29, 1.82) is 0 Å². The highest BCUT2D eigenvalue weighted by Gasteiger charge is 2.34. The summed E-state index contributed by atoms with van der Waals surface area (Å²) in [6.07, 6.45) is -3.36. The molecule has 14 heteroatoms. The molecule has 0 unspecified atom stereocenters. The molecule has 0 amide bonds. The normalized spacial score (nSPS) is 14.9. The molecule has 1 N–H and O–H groups in total. The van der Waals surface area contributed by atoms with E-state index < -0.39 is 21.8 Å². The molecule has 1 aliphatic rings. The number of ether oxygens (including phenoxy) is 2. The Labute approximate surface area is 215 Å². The molecule has 4 aromatic rings. The maximum Gasteiger partial charge on any atom is 0.418 e. The number of nitrogens with zero attached hydrogens (tertiary/aromatic N) is 5. The van der Waals surface area contributed by atoms with Gasteiger partial charge in [0.2, 0.25) is 10.0 Å². The van der Waals surface area contributed by atoms with E-state index in [0.717, 1.165) is 6.07 Å². The van der Waals surface area contributed by atoms with Crippen LogP contribution in [0.3, 0.4) is 0 Å². The lowest BCUT2D eigenvalue weighted by atomic mass is 10.1. The molecule has 5 rings (SSSR count). The lowest BCUT2D eigenvalue weighted by Gasteiger charge is -2.26. The number of fused-ring (bicyclic) bond motifs is 1. The van der Waals surface area contributed by atoms with Crippen LogP contribution in [-0.4, -0.2) is 66.1 Å². The van der Waals surface area contributed by atoms with Gasteiger partial charge in [0.25, 0.3) is 0 Å². The molecule has 1 saturated heterocycles. The molecule has 10 nitrogen and oxygen atoms in total. The van der Waals surface area contributed by atoms with Crippen LogP contribution < -0.4 is 10.1 Å². The van der Waals surface area contributed by atoms with E-state index in [4.69, 9.17) is 9.47 Å². The average Bonchev–Trinajstić information content (AvgIpc) is 2.93. The van der Waals surface area contributed by atoms with Crippen molar-refractivity contribution >= 4 is 32.6 Å². The van der Waals surface area contributed by atoms with Crippen molar-refractivity contribution in [1.82, 2.24) is 24.2 Å². The Morgan fingerprint density at radius 1 is 1.00 bits per heavy atom. The van der Waals surface area contributed by atoms with E-state index in [1.54, 1.807) is 12.1 Å². The number of aromatic nitrogens is 4. The fourth-order valence-electron chi connectivity index (χ4n) is 3.93. The van der Waals surface area contributed by atoms with E-state index >= 15 is 0 Å². The summed E-state index contributed by atoms with van der Waals surface area (Å²) in [5, 5.41) is 3.49. The second-order valence-electron chi connectivity index (χ2n) is 8.19. The van der Waals surface area contributed by atoms with Crippen molar-refractivity contribution in [3.8, 4) is 17.4 Å². The minimum absolute atomic E-state index is 0.0187. The van der Waals surface area contributed by atoms with Crippen molar-refractivity contribution in [2.24, 2.45) is 0 Å². The molecule has 1 aromatic carbocycles. The van der Waals surface area contributed by atoms with Crippen molar-refractivity contribution in [2.45, 2.75) is 11.1 Å². The average molecular weight is 547 g/mol. The number of hydrogen-bond acceptors (Lipinski definition) is 9. The predicted molar refractivity (Wildman–Crippen MR) is 131 cm³/mol. The second kappa shape index (κ2) is 10.1. The molecule has 0 saturated carbocycles. The smallest absolute Gasteiger partial charge is 0.418 e. The summed E-state index contributed by atoms with van der Waals surface area (Å²) in [4.78, 5) is 16.8. The lowest BCUT2D eigenvalue weighted by Crippen LogP contribution is -2.40. The maximum absolute atomic E-state index is 13.5. The zero-order valence-corrected chi connectivity index (χ0v) is 20.8. The van der Waals surface area contributed by atoms with Crippen LogP contribution in [0, 0.1) is 0 Å². The summed E-state index contributed by atoms with van der Waals surface area (Å²) < 4.78 is 78.1. The van der Waals surface area contributed by atoms with Crippen LogP contribution in [0.5, 0.6) is 6.01 Å². The Kier molecular flexibility index (Phi) is 6.86. The van der Waals surface area contributed by atoms with Gasteiger partial charge < -0.3 is 14.8 Å². The van der Waals surface area contributed by atoms with Crippen LogP contribution in [0.25, 0.3) is 22.4 Å². The number of rotatable bonds is 6. The molecule has 0 bridgehead atoms. The van der Waals surface area contributed by atoms with E-state index in [0.29, 0.717) is 24.3 Å². The van der Waals surface area contributed by atoms with Gasteiger partial charge in [-0.25, -0.2) is 13.4 Å². The van der Waals surface area contributed by atoms with Gasteiger partial charge in [0.1, 0.15) is 11.5 Å². The summed E-state index contributed by atoms with van der Waals surface area (Å²) in [6.45, 7) is 1.25. The van der Waals surface area contributed by atoms with Crippen LogP contribution in [0.15, 0.2) is 59.6 Å². The number of alkyl halides is 3. The van der Waals surface area contributed by atoms with Crippen molar-refractivity contribution in [3.05, 3.63) is 60.3 Å². The van der Waals surface area contributed by atoms with Gasteiger partial charge >= 0.3 is 12.2 Å². The molecule has 1 aliphatic heterocycles. The second-order valence-corrected chi connectivity index (χ2v) is 10.1. The molecule has 0 spiro atoms. The van der Waals surface area contributed by atoms with Crippen LogP contribution in [-0.2, 0) is 20.9 Å². The van der Waals surface area contributed by atoms with Crippen LogP contribution in [0.4, 0.5) is 24.7 Å². The van der Waals surface area contributed by atoms with Gasteiger partial charge in [-0.05, 0) is 48.5 Å². The minimum Gasteiger partial charge on any atom is -0.467 e. The number of sulfonamides is 1. The third-order valence-corrected chi connectivity index (χ3v) is 7.72. The number of morpholine rings is 1. The number of methoxy groups -OCH3 is 1. The summed E-state index contributed by atoms with van der Waals surface area (Å²) in [5.41, 5.74) is -0.664. The third kappa shape index (κ3) is 5.10. The highest BCUT2D eigenvalue weighted by atomic mass is 32.2. The summed E-state index contributed by atoms with van der Waals surface area (Å²) in [5.74, 6) is 0.270. The first-order valence-electron chi connectivity index (χ1n) is 11.4. The molecule has 1 fully saturated rings. The van der Waals surface area contributed by atoms with E-state index in [2.05, 4.69) is 25.3 Å². The van der Waals surface area contributed by atoms with Crippen LogP contribution in [0.2, 0.25) is 0 Å². The molecule has 0 radical (unpaired) electrons. The van der Waals surface area contributed by atoms with Gasteiger partial charge in [-0.15, -0.1) is 0 Å². The zero-order valence-electron chi connectivity index (χ0n) is 19.9. The van der Waals surface area contributed by atoms with Gasteiger partial charge in [-0.2, -0.15) is 27.4 Å². The van der Waals surface area contributed by atoms with Gasteiger partial charge in [0.15, 0.2) is 5.65 Å². The fraction of sp³-hybridized carbons (Fsp3) is 0.250. The highest BCUT2D eigenvalue weighted by Crippen LogP contribution is 2.36. The molecule has 3 aromatic heterocycles. The summed E-state index contributed by atoms with van der Waals surface area (Å²) >= 11 is 0. The first-order chi connectivity index (χ1) is 18.2. The largest absolute Gasteiger partial charge is 0.467 e. The van der Waals surface area contributed by atoms with E-state index in [1.165, 1.54) is 47.9 Å². The number of hydrogen-bond donors (Lipinski definition) is 1. The van der Waals surface area contributed by atoms with Gasteiger partial charge in [0.05, 0.1) is 41.9 Å². The first kappa shape index (κ1) is 25.8. The van der Waals surface area contributed by atoms with Crippen molar-refractivity contribution in [2.75, 3.05) is 38.7 Å². The number of anilines is 2. The highest BCUT2D eigenvalue weighted by molar-refractivity contribution is 7.89. The standard InChI is InChI=1S/C24H21F3N6O4S/c1-36-23-31-21(29-15-4-6-16(7-5-15)38(34,35)33-11-13-37-14-12-33)17-8-9-19(30-22(17)32-23)20-18(24(25,26)27)3-2-10-28-20/h2-10H,11-14H2,1H3,(H,29,30,31,32). The van der Waals surface area contributed by atoms with Crippen LogP contribution in [0.1, 0.15) is 5.56 Å². The molecular weight excluding hydrogens is 525 g/mol. The first-order valence-corrected chi connectivity index (χ1v) is 12.8. The predicted octanol–water partition coefficient (Wildman–Crippen LogP) is 3.88. The van der Waals surface area contributed by atoms with Crippen molar-refractivity contribution in [3.63, 3.8) is 0 Å². The third-order valence-electron chi connectivity index (χ3n) is 5.80. The Morgan fingerprint density at radius 3 is 2.42 bits per heavy atom. The minimum atomic E-state index is -4.61. The summed E-state index contributed by atoms with van der Waals surface area (Å²) in [7, 11) is -2.31. The molecule has 4 heterocycles. The molecule has 198 valence electrons. The zero-order chi connectivity index (χ0) is 26.9. The monoisotopic (exact) mass is 546 g/mol. The molecule has 0 aliphatic carbocycles. The molecular formula is C24H21F3N6O4S. The Bertz CT molecular complexity index is 1580. The Hall–Kier alpha value is -3.88. The number of nitrogens with one attached hydrogen (secondary N) is 1. The van der Waals surface area contributed by atoms with Crippen molar-refractivity contribution < 1.29 is 31.1 Å². The van der Waals surface area contributed by atoms with Gasteiger partial charge in [-0.3, -0.25) is 4.98 Å². The number of pyridine rings is 2. The van der Waals surface area contributed by atoms with Gasteiger partial charge in [-0.1, -0.05) is 0 Å². The van der Waals surface area contributed by atoms with Gasteiger partial charge in [0, 0.05) is 25.0 Å². The topological polar surface area (TPSA) is 119 Å². The Morgan fingerprint density at radius 2 is 1.74 bits per heavy atom. The molecule has 38 heavy (non-hydrogen) atoms. The van der Waals surface area contributed by atoms with E-state index in [-0.39, 0.29) is 46.8 Å². The quantitative estimate of drug-likeness (QED) is 0.384. The van der Waals surface area contributed by atoms with E-state index in [1.807, 2.05) is 0 Å². The SMILES string of the molecule is COc1nc(Nc2ccc(S(=O)(=O)N3CCOCC3)cc2)c2ccc(-c3ncccc3C(F)(F)F)nc2n1. The lowest BCUT2D eigenvalue weighted by molar-refractivity contribution is -0.137. The Balaban J connectivity index is 1.48. The van der Waals surface area contributed by atoms with Crippen LogP contribution >= 0.6 is 0 Å². The number of halogens is 3. The fourth-order valence-corrected chi connectivity index (χ4v) is 5.34. The van der Waals surface area contributed by atoms with E-state index in [9.17, 15) is 21.6 Å². The summed E-state index contributed by atoms with van der Waals surface area (Å²) in [6, 6.07) is 11.1. The number of benzene rings is 1. The maximum atomic E-state index is 13.5.